The van der Waals surface area contributed by atoms with Gasteiger partial charge < -0.3 is 4.74 Å². The van der Waals surface area contributed by atoms with Crippen LogP contribution in [0.1, 0.15) is 18.1 Å². The van der Waals surface area contributed by atoms with Crippen molar-refractivity contribution in [3.05, 3.63) is 77.9 Å². The minimum Gasteiger partial charge on any atom is -0.426 e. The van der Waals surface area contributed by atoms with Crippen molar-refractivity contribution in [2.24, 2.45) is 0 Å². The Morgan fingerprint density at radius 1 is 0.826 bits per heavy atom. The topological polar surface area (TPSA) is 26.3 Å². The van der Waals surface area contributed by atoms with Crippen molar-refractivity contribution in [2.45, 2.75) is 13.3 Å². The number of carbonyl (C=O) groups excluding carboxylic acids is 1. The van der Waals surface area contributed by atoms with E-state index < -0.39 is 0 Å². The summed E-state index contributed by atoms with van der Waals surface area (Å²) >= 11 is 0. The van der Waals surface area contributed by atoms with E-state index in [2.05, 4.69) is 24.3 Å². The molecule has 1 aliphatic rings. The van der Waals surface area contributed by atoms with Gasteiger partial charge in [0.2, 0.25) is 0 Å². The van der Waals surface area contributed by atoms with E-state index in [1.54, 1.807) is 0 Å². The van der Waals surface area contributed by atoms with E-state index in [1.807, 2.05) is 42.5 Å². The number of carbonyl (C=O) groups is 1. The summed E-state index contributed by atoms with van der Waals surface area (Å²) in [5, 5.41) is 0. The number of rotatable bonds is 2. The van der Waals surface area contributed by atoms with Gasteiger partial charge in [-0.1, -0.05) is 60.7 Å². The van der Waals surface area contributed by atoms with Crippen molar-refractivity contribution in [3.63, 3.8) is 0 Å². The number of hydrogen-bond acceptors (Lipinski definition) is 2. The normalized spacial score (nSPS) is 11.7. The molecule has 0 saturated carbocycles. The molecule has 2 nitrogen and oxygen atoms in total. The molecular weight excluding hydrogens is 284 g/mol. The maximum Gasteiger partial charge on any atom is 0.308 e. The van der Waals surface area contributed by atoms with Gasteiger partial charge in [0.15, 0.2) is 0 Å². The first kappa shape index (κ1) is 13.8. The van der Waals surface area contributed by atoms with Crippen LogP contribution in [0.2, 0.25) is 0 Å². The third-order valence-electron chi connectivity index (χ3n) is 4.27. The van der Waals surface area contributed by atoms with E-state index in [4.69, 9.17) is 4.74 Å². The van der Waals surface area contributed by atoms with Crippen molar-refractivity contribution in [1.82, 2.24) is 0 Å². The molecule has 0 N–H and O–H groups in total. The quantitative estimate of drug-likeness (QED) is 0.391. The third-order valence-corrected chi connectivity index (χ3v) is 4.27. The second-order valence-corrected chi connectivity index (χ2v) is 5.76. The van der Waals surface area contributed by atoms with Gasteiger partial charge in [0.25, 0.3) is 0 Å². The fourth-order valence-corrected chi connectivity index (χ4v) is 3.29. The Labute approximate surface area is 135 Å². The number of esters is 1. The molecule has 0 saturated heterocycles. The van der Waals surface area contributed by atoms with Gasteiger partial charge in [-0.2, -0.15) is 0 Å². The standard InChI is InChI=1S/C21H16O2/c1-14(22)23-21-18(15-7-3-2-4-8-15)11-12-19-17-10-6-5-9-16(17)13-20(19)21/h2-12H,13H2,1H3. The highest BCUT2D eigenvalue weighted by Crippen LogP contribution is 2.45. The largest absolute Gasteiger partial charge is 0.426 e. The van der Waals surface area contributed by atoms with Crippen molar-refractivity contribution in [1.29, 1.82) is 0 Å². The predicted molar refractivity (Wildman–Crippen MR) is 91.4 cm³/mol. The molecule has 4 rings (SSSR count). The van der Waals surface area contributed by atoms with E-state index in [1.165, 1.54) is 18.1 Å². The van der Waals surface area contributed by atoms with Crippen LogP contribution in [0.4, 0.5) is 0 Å². The highest BCUT2D eigenvalue weighted by atomic mass is 16.5. The molecular formula is C21H16O2. The van der Waals surface area contributed by atoms with Gasteiger partial charge in [0, 0.05) is 24.5 Å². The zero-order chi connectivity index (χ0) is 15.8. The molecule has 0 fully saturated rings. The number of hydrogen-bond donors (Lipinski definition) is 0. The smallest absolute Gasteiger partial charge is 0.308 e. The fourth-order valence-electron chi connectivity index (χ4n) is 3.29. The van der Waals surface area contributed by atoms with Crippen LogP contribution in [0, 0.1) is 0 Å². The van der Waals surface area contributed by atoms with Gasteiger partial charge in [0.1, 0.15) is 5.75 Å². The molecule has 3 aromatic carbocycles. The van der Waals surface area contributed by atoms with Crippen LogP contribution < -0.4 is 4.74 Å². The Morgan fingerprint density at radius 3 is 2.30 bits per heavy atom. The maximum atomic E-state index is 11.6. The summed E-state index contributed by atoms with van der Waals surface area (Å²) < 4.78 is 5.63. The molecule has 0 bridgehead atoms. The average Bonchev–Trinajstić information content (AvgIpc) is 2.95. The highest BCUT2D eigenvalue weighted by molar-refractivity contribution is 5.87. The number of ether oxygens (including phenoxy) is 1. The molecule has 2 heteroatoms. The highest BCUT2D eigenvalue weighted by Gasteiger charge is 2.25. The van der Waals surface area contributed by atoms with Crippen LogP contribution in [0.25, 0.3) is 22.3 Å². The minimum absolute atomic E-state index is 0.286. The molecule has 0 heterocycles. The molecule has 23 heavy (non-hydrogen) atoms. The van der Waals surface area contributed by atoms with Gasteiger partial charge >= 0.3 is 5.97 Å². The van der Waals surface area contributed by atoms with E-state index >= 15 is 0 Å². The van der Waals surface area contributed by atoms with Crippen LogP contribution >= 0.6 is 0 Å². The maximum absolute atomic E-state index is 11.6. The molecule has 0 radical (unpaired) electrons. The SMILES string of the molecule is CC(=O)Oc1c(-c2ccccc2)ccc2c1Cc1ccccc1-2. The molecule has 0 aliphatic heterocycles. The Hall–Kier alpha value is -2.87. The second kappa shape index (κ2) is 5.40. The molecule has 0 spiro atoms. The summed E-state index contributed by atoms with van der Waals surface area (Å²) in [6.07, 6.45) is 0.800. The van der Waals surface area contributed by atoms with Gasteiger partial charge in [-0.15, -0.1) is 0 Å². The molecule has 112 valence electrons. The summed E-state index contributed by atoms with van der Waals surface area (Å²) in [4.78, 5) is 11.6. The second-order valence-electron chi connectivity index (χ2n) is 5.76. The summed E-state index contributed by atoms with van der Waals surface area (Å²) in [7, 11) is 0. The predicted octanol–water partition coefficient (Wildman–Crippen LogP) is 4.85. The summed E-state index contributed by atoms with van der Waals surface area (Å²) in [5.41, 5.74) is 6.80. The molecule has 0 aromatic heterocycles. The van der Waals surface area contributed by atoms with Crippen molar-refractivity contribution >= 4 is 5.97 Å². The van der Waals surface area contributed by atoms with Crippen LogP contribution in [0.15, 0.2) is 66.7 Å². The molecule has 0 atom stereocenters. The van der Waals surface area contributed by atoms with E-state index in [0.29, 0.717) is 5.75 Å². The lowest BCUT2D eigenvalue weighted by atomic mass is 9.97. The average molecular weight is 300 g/mol. The third kappa shape index (κ3) is 2.33. The minimum atomic E-state index is -0.286. The van der Waals surface area contributed by atoms with Gasteiger partial charge in [0.05, 0.1) is 0 Å². The van der Waals surface area contributed by atoms with Gasteiger partial charge in [-0.3, -0.25) is 4.79 Å². The van der Waals surface area contributed by atoms with E-state index in [-0.39, 0.29) is 5.97 Å². The van der Waals surface area contributed by atoms with Crippen LogP contribution in [0.5, 0.6) is 5.75 Å². The monoisotopic (exact) mass is 300 g/mol. The zero-order valence-electron chi connectivity index (χ0n) is 12.9. The van der Waals surface area contributed by atoms with Crippen LogP contribution in [-0.2, 0) is 11.2 Å². The van der Waals surface area contributed by atoms with Crippen LogP contribution in [0.3, 0.4) is 0 Å². The first-order valence-electron chi connectivity index (χ1n) is 7.72. The van der Waals surface area contributed by atoms with Gasteiger partial charge in [-0.25, -0.2) is 0 Å². The van der Waals surface area contributed by atoms with Crippen molar-refractivity contribution in [2.75, 3.05) is 0 Å². The Bertz CT molecular complexity index is 895. The fraction of sp³-hybridized carbons (Fsp3) is 0.0952. The molecule has 3 aromatic rings. The van der Waals surface area contributed by atoms with Crippen molar-refractivity contribution in [3.8, 4) is 28.0 Å². The van der Waals surface area contributed by atoms with E-state index in [0.717, 1.165) is 28.7 Å². The summed E-state index contributed by atoms with van der Waals surface area (Å²) in [6.45, 7) is 1.45. The lowest BCUT2D eigenvalue weighted by Gasteiger charge is -2.14. The lowest BCUT2D eigenvalue weighted by Crippen LogP contribution is -2.05. The first-order chi connectivity index (χ1) is 11.2. The number of fused-ring (bicyclic) bond motifs is 3. The van der Waals surface area contributed by atoms with E-state index in [9.17, 15) is 4.79 Å². The lowest BCUT2D eigenvalue weighted by molar-refractivity contribution is -0.131. The van der Waals surface area contributed by atoms with Gasteiger partial charge in [-0.05, 0) is 28.3 Å². The van der Waals surface area contributed by atoms with Crippen molar-refractivity contribution < 1.29 is 9.53 Å². The zero-order valence-corrected chi connectivity index (χ0v) is 12.9. The first-order valence-corrected chi connectivity index (χ1v) is 7.72. The molecule has 0 amide bonds. The molecule has 1 aliphatic carbocycles. The Kier molecular flexibility index (Phi) is 3.23. The van der Waals surface area contributed by atoms with Crippen LogP contribution in [-0.4, -0.2) is 5.97 Å². The Morgan fingerprint density at radius 2 is 1.52 bits per heavy atom. The summed E-state index contributed by atoms with van der Waals surface area (Å²) in [6, 6.07) is 22.6. The molecule has 0 unspecified atom stereocenters. The Balaban J connectivity index is 1.94. The number of benzene rings is 3. The summed E-state index contributed by atoms with van der Waals surface area (Å²) in [5.74, 6) is 0.406.